The van der Waals surface area contributed by atoms with Crippen LogP contribution >= 0.6 is 0 Å². The first-order chi connectivity index (χ1) is 14.8. The zero-order valence-corrected chi connectivity index (χ0v) is 18.5. The van der Waals surface area contributed by atoms with Gasteiger partial charge in [-0.05, 0) is 49.7 Å². The number of sulfonamides is 1. The van der Waals surface area contributed by atoms with E-state index in [1.165, 1.54) is 0 Å². The quantitative estimate of drug-likeness (QED) is 0.550. The molecule has 3 rings (SSSR count). The lowest BCUT2D eigenvalue weighted by Gasteiger charge is -2.28. The number of anilines is 1. The number of para-hydroxylation sites is 1. The number of nitrogens with zero attached hydrogens (tertiary/aromatic N) is 3. The minimum Gasteiger partial charge on any atom is -0.494 e. The third kappa shape index (κ3) is 5.43. The Balaban J connectivity index is 1.77. The molecule has 31 heavy (non-hydrogen) atoms. The maximum atomic E-state index is 12.9. The number of carbonyl (C=O) groups is 1. The molecule has 0 fully saturated rings. The van der Waals surface area contributed by atoms with Gasteiger partial charge in [0.05, 0.1) is 30.6 Å². The molecule has 9 heteroatoms. The Bertz CT molecular complexity index is 1110. The molecule has 0 saturated carbocycles. The van der Waals surface area contributed by atoms with Crippen molar-refractivity contribution in [2.24, 2.45) is 0 Å². The van der Waals surface area contributed by atoms with E-state index >= 15 is 0 Å². The molecule has 0 aliphatic rings. The molecule has 1 heterocycles. The van der Waals surface area contributed by atoms with E-state index in [1.54, 1.807) is 43.7 Å². The second-order valence-electron chi connectivity index (χ2n) is 6.98. The summed E-state index contributed by atoms with van der Waals surface area (Å²) in [6, 6.07) is 13.3. The average Bonchev–Trinajstić information content (AvgIpc) is 3.27. The predicted octanol–water partition coefficient (Wildman–Crippen LogP) is 2.74. The van der Waals surface area contributed by atoms with Crippen LogP contribution in [0.1, 0.15) is 19.4 Å². The normalized spacial score (nSPS) is 12.2. The molecule has 3 aromatic rings. The van der Waals surface area contributed by atoms with Crippen molar-refractivity contribution in [3.63, 3.8) is 0 Å². The van der Waals surface area contributed by atoms with Crippen LogP contribution in [0.25, 0.3) is 5.69 Å². The van der Waals surface area contributed by atoms with Gasteiger partial charge in [-0.25, -0.2) is 13.4 Å². The van der Waals surface area contributed by atoms with Gasteiger partial charge in [0, 0.05) is 18.9 Å². The summed E-state index contributed by atoms with van der Waals surface area (Å²) in [4.78, 5) is 16.9. The van der Waals surface area contributed by atoms with Crippen LogP contribution < -0.4 is 14.4 Å². The zero-order valence-electron chi connectivity index (χ0n) is 17.7. The Morgan fingerprint density at radius 2 is 1.90 bits per heavy atom. The van der Waals surface area contributed by atoms with Crippen molar-refractivity contribution in [3.05, 3.63) is 72.8 Å². The number of hydrogen-bond donors (Lipinski definition) is 1. The maximum Gasteiger partial charge on any atom is 0.243 e. The SMILES string of the molecule is CCOc1ccc(N([C@@H](C)C(=O)NCc2ccccc2-n2ccnc2)S(C)(=O)=O)cc1. The van der Waals surface area contributed by atoms with Crippen LogP contribution in [0, 0.1) is 0 Å². The number of carbonyl (C=O) groups excluding carboxylic acids is 1. The van der Waals surface area contributed by atoms with Gasteiger partial charge in [-0.1, -0.05) is 18.2 Å². The number of nitrogens with one attached hydrogen (secondary N) is 1. The van der Waals surface area contributed by atoms with Crippen LogP contribution in [-0.2, 0) is 21.4 Å². The highest BCUT2D eigenvalue weighted by atomic mass is 32.2. The van der Waals surface area contributed by atoms with Gasteiger partial charge < -0.3 is 14.6 Å². The zero-order chi connectivity index (χ0) is 22.4. The molecular weight excluding hydrogens is 416 g/mol. The first kappa shape index (κ1) is 22.4. The van der Waals surface area contributed by atoms with E-state index < -0.39 is 22.0 Å². The van der Waals surface area contributed by atoms with E-state index in [0.717, 1.165) is 21.8 Å². The third-order valence-electron chi connectivity index (χ3n) is 4.72. The fraction of sp³-hybridized carbons (Fsp3) is 0.273. The van der Waals surface area contributed by atoms with Crippen molar-refractivity contribution in [1.29, 1.82) is 0 Å². The Hall–Kier alpha value is -3.33. The minimum atomic E-state index is -3.69. The summed E-state index contributed by atoms with van der Waals surface area (Å²) in [6.45, 7) is 4.19. The fourth-order valence-electron chi connectivity index (χ4n) is 3.31. The summed E-state index contributed by atoms with van der Waals surface area (Å²) < 4.78 is 33.3. The van der Waals surface area contributed by atoms with E-state index in [1.807, 2.05) is 42.0 Å². The molecule has 0 radical (unpaired) electrons. The highest BCUT2D eigenvalue weighted by Gasteiger charge is 2.29. The molecule has 1 atom stereocenters. The fourth-order valence-corrected chi connectivity index (χ4v) is 4.48. The number of imidazole rings is 1. The van der Waals surface area contributed by atoms with Gasteiger partial charge in [0.1, 0.15) is 11.8 Å². The van der Waals surface area contributed by atoms with Gasteiger partial charge in [-0.2, -0.15) is 0 Å². The first-order valence-electron chi connectivity index (χ1n) is 9.87. The second-order valence-corrected chi connectivity index (χ2v) is 8.84. The van der Waals surface area contributed by atoms with Crippen LogP contribution in [0.15, 0.2) is 67.3 Å². The summed E-state index contributed by atoms with van der Waals surface area (Å²) in [5.74, 6) is 0.229. The molecule has 8 nitrogen and oxygen atoms in total. The molecule has 1 N–H and O–H groups in total. The van der Waals surface area contributed by atoms with Crippen LogP contribution in [-0.4, -0.2) is 42.8 Å². The molecule has 0 aliphatic heterocycles. The van der Waals surface area contributed by atoms with Crippen molar-refractivity contribution in [2.75, 3.05) is 17.2 Å². The summed E-state index contributed by atoms with van der Waals surface area (Å²) in [7, 11) is -3.69. The number of amides is 1. The van der Waals surface area contributed by atoms with E-state index in [9.17, 15) is 13.2 Å². The Kier molecular flexibility index (Phi) is 6.96. The number of rotatable bonds is 9. The topological polar surface area (TPSA) is 93.5 Å². The largest absolute Gasteiger partial charge is 0.494 e. The number of ether oxygens (including phenoxy) is 1. The molecule has 1 amide bonds. The van der Waals surface area contributed by atoms with Gasteiger partial charge >= 0.3 is 0 Å². The van der Waals surface area contributed by atoms with Crippen LogP contribution in [0.2, 0.25) is 0 Å². The van der Waals surface area contributed by atoms with Gasteiger partial charge in [-0.15, -0.1) is 0 Å². The van der Waals surface area contributed by atoms with E-state index in [-0.39, 0.29) is 6.54 Å². The standard InChI is InChI=1S/C22H26N4O4S/c1-4-30-20-11-9-19(10-12-20)26(31(3,28)29)17(2)22(27)24-15-18-7-5-6-8-21(18)25-14-13-23-16-25/h5-14,16-17H,4,15H2,1-3H3,(H,24,27)/t17-/m0/s1. The number of aromatic nitrogens is 2. The first-order valence-corrected chi connectivity index (χ1v) is 11.7. The summed E-state index contributed by atoms with van der Waals surface area (Å²) >= 11 is 0. The van der Waals surface area contributed by atoms with Crippen molar-refractivity contribution in [3.8, 4) is 11.4 Å². The number of hydrogen-bond acceptors (Lipinski definition) is 5. The number of benzene rings is 2. The Labute approximate surface area is 182 Å². The van der Waals surface area contributed by atoms with Crippen LogP contribution in [0.5, 0.6) is 5.75 Å². The molecule has 0 saturated heterocycles. The molecule has 0 spiro atoms. The highest BCUT2D eigenvalue weighted by Crippen LogP contribution is 2.24. The van der Waals surface area contributed by atoms with Crippen LogP contribution in [0.4, 0.5) is 5.69 Å². The molecule has 0 unspecified atom stereocenters. The smallest absolute Gasteiger partial charge is 0.243 e. The van der Waals surface area contributed by atoms with Gasteiger partial charge in [0.2, 0.25) is 15.9 Å². The molecule has 164 valence electrons. The van der Waals surface area contributed by atoms with Crippen LogP contribution in [0.3, 0.4) is 0 Å². The lowest BCUT2D eigenvalue weighted by atomic mass is 10.1. The summed E-state index contributed by atoms with van der Waals surface area (Å²) in [5, 5.41) is 2.85. The molecular formula is C22H26N4O4S. The van der Waals surface area contributed by atoms with Gasteiger partial charge in [0.25, 0.3) is 0 Å². The summed E-state index contributed by atoms with van der Waals surface area (Å²) in [6.07, 6.45) is 6.26. The maximum absolute atomic E-state index is 12.9. The minimum absolute atomic E-state index is 0.248. The summed E-state index contributed by atoms with van der Waals surface area (Å²) in [5.41, 5.74) is 2.17. The molecule has 2 aromatic carbocycles. The third-order valence-corrected chi connectivity index (χ3v) is 5.96. The molecule has 1 aromatic heterocycles. The second kappa shape index (κ2) is 9.65. The average molecular weight is 443 g/mol. The van der Waals surface area contributed by atoms with Crippen molar-refractivity contribution in [2.45, 2.75) is 26.4 Å². The Morgan fingerprint density at radius 3 is 2.52 bits per heavy atom. The lowest BCUT2D eigenvalue weighted by molar-refractivity contribution is -0.122. The van der Waals surface area contributed by atoms with Crippen molar-refractivity contribution >= 4 is 21.6 Å². The van der Waals surface area contributed by atoms with E-state index in [0.29, 0.717) is 18.0 Å². The van der Waals surface area contributed by atoms with Gasteiger partial charge in [-0.3, -0.25) is 9.10 Å². The Morgan fingerprint density at radius 1 is 1.19 bits per heavy atom. The van der Waals surface area contributed by atoms with E-state index in [4.69, 9.17) is 4.74 Å². The lowest BCUT2D eigenvalue weighted by Crippen LogP contribution is -2.47. The highest BCUT2D eigenvalue weighted by molar-refractivity contribution is 7.92. The van der Waals surface area contributed by atoms with E-state index in [2.05, 4.69) is 10.3 Å². The monoisotopic (exact) mass is 442 g/mol. The molecule has 0 bridgehead atoms. The predicted molar refractivity (Wildman–Crippen MR) is 120 cm³/mol. The van der Waals surface area contributed by atoms with Crippen molar-refractivity contribution in [1.82, 2.24) is 14.9 Å². The molecule has 0 aliphatic carbocycles. The van der Waals surface area contributed by atoms with Gasteiger partial charge in [0.15, 0.2) is 0 Å². The van der Waals surface area contributed by atoms with Crippen molar-refractivity contribution < 1.29 is 17.9 Å².